The van der Waals surface area contributed by atoms with Gasteiger partial charge < -0.3 is 15.5 Å². The maximum Gasteiger partial charge on any atom is 0.274 e. The van der Waals surface area contributed by atoms with Gasteiger partial charge in [0.2, 0.25) is 16.0 Å². The van der Waals surface area contributed by atoms with Gasteiger partial charge in [0, 0.05) is 37.9 Å². The summed E-state index contributed by atoms with van der Waals surface area (Å²) in [7, 11) is -2.81. The molecule has 4 heterocycles. The van der Waals surface area contributed by atoms with E-state index in [0.717, 1.165) is 22.6 Å². The smallest absolute Gasteiger partial charge is 0.274 e. The van der Waals surface area contributed by atoms with Crippen LogP contribution in [-0.2, 0) is 22.1 Å². The van der Waals surface area contributed by atoms with Gasteiger partial charge in [0.15, 0.2) is 6.39 Å². The molecule has 1 spiro atoms. The Morgan fingerprint density at radius 3 is 2.71 bits per heavy atom. The minimum atomic E-state index is -4.13. The number of likely N-dealkylation sites (tertiary alicyclic amines) is 1. The number of hydrogen-bond donors (Lipinski definition) is 2. The summed E-state index contributed by atoms with van der Waals surface area (Å²) in [4.78, 5) is 27.0. The molecule has 3 aromatic rings. The van der Waals surface area contributed by atoms with Crippen LogP contribution < -0.4 is 11.1 Å². The molecule has 0 radical (unpaired) electrons. The lowest BCUT2D eigenvalue weighted by atomic mass is 9.78. The number of nitrogens with one attached hydrogen (secondary N) is 1. The van der Waals surface area contributed by atoms with Gasteiger partial charge in [0.1, 0.15) is 33.9 Å². The van der Waals surface area contributed by atoms with Crippen molar-refractivity contribution >= 4 is 27.6 Å². The van der Waals surface area contributed by atoms with Gasteiger partial charge in [-0.1, -0.05) is 0 Å². The number of pyridine rings is 1. The molecule has 2 aliphatic rings. The van der Waals surface area contributed by atoms with Gasteiger partial charge in [-0.15, -0.1) is 0 Å². The van der Waals surface area contributed by atoms with E-state index in [-0.39, 0.29) is 35.9 Å². The van der Waals surface area contributed by atoms with E-state index in [1.54, 1.807) is 0 Å². The standard InChI is InChI=1S/C24H25F2N7O4S/c1-23(18-9-16(4-5-19(18)26)30-21(34)20-6-3-15(25)10-28-20)24(38(35,36)32(2)22(27)31-23)7-8-33(13-24)11-17-12-37-14-29-17/h3-6,9-10,12,14H,7-8,11,13H2,1-2H3,(H2,27,31)(H,30,34)/t23-,24-/m1/s1. The number of aromatic nitrogens is 2. The summed E-state index contributed by atoms with van der Waals surface area (Å²) >= 11 is 0. The van der Waals surface area contributed by atoms with Crippen LogP contribution in [0, 0.1) is 11.6 Å². The highest BCUT2D eigenvalue weighted by Gasteiger charge is 2.66. The number of amides is 1. The van der Waals surface area contributed by atoms with E-state index in [0.29, 0.717) is 18.8 Å². The minimum absolute atomic E-state index is 0.0232. The molecule has 3 N–H and O–H groups in total. The number of halogens is 2. The molecule has 1 aromatic carbocycles. The number of rotatable bonds is 5. The average molecular weight is 546 g/mol. The lowest BCUT2D eigenvalue weighted by molar-refractivity contribution is 0.102. The number of nitrogens with zero attached hydrogens (tertiary/aromatic N) is 5. The number of hydrogen-bond acceptors (Lipinski definition) is 9. The van der Waals surface area contributed by atoms with E-state index in [1.165, 1.54) is 44.8 Å². The molecule has 2 aromatic heterocycles. The van der Waals surface area contributed by atoms with Crippen LogP contribution in [0.25, 0.3) is 0 Å². The Labute approximate surface area is 217 Å². The predicted octanol–water partition coefficient (Wildman–Crippen LogP) is 2.05. The molecule has 2 atom stereocenters. The zero-order chi connectivity index (χ0) is 27.3. The molecule has 2 aliphatic heterocycles. The number of guanidine groups is 1. The highest BCUT2D eigenvalue weighted by Crippen LogP contribution is 2.52. The number of carbonyl (C=O) groups is 1. The second-order valence-electron chi connectivity index (χ2n) is 9.46. The van der Waals surface area contributed by atoms with Crippen LogP contribution in [-0.4, -0.2) is 64.3 Å². The predicted molar refractivity (Wildman–Crippen MR) is 133 cm³/mol. The van der Waals surface area contributed by atoms with Crippen molar-refractivity contribution in [2.45, 2.75) is 30.2 Å². The Bertz CT molecular complexity index is 1510. The number of carbonyl (C=O) groups excluding carboxylic acids is 1. The van der Waals surface area contributed by atoms with Crippen LogP contribution >= 0.6 is 0 Å². The number of sulfonamides is 1. The van der Waals surface area contributed by atoms with Crippen molar-refractivity contribution in [1.29, 1.82) is 0 Å². The molecule has 0 aliphatic carbocycles. The zero-order valence-electron chi connectivity index (χ0n) is 20.6. The van der Waals surface area contributed by atoms with Gasteiger partial charge in [-0.2, -0.15) is 0 Å². The third-order valence-electron chi connectivity index (χ3n) is 7.29. The Kier molecular flexibility index (Phi) is 6.18. The first-order chi connectivity index (χ1) is 18.0. The molecule has 0 bridgehead atoms. The fourth-order valence-corrected chi connectivity index (χ4v) is 7.33. The van der Waals surface area contributed by atoms with Crippen LogP contribution in [0.3, 0.4) is 0 Å². The monoisotopic (exact) mass is 545 g/mol. The van der Waals surface area contributed by atoms with E-state index in [1.807, 2.05) is 4.90 Å². The lowest BCUT2D eigenvalue weighted by Gasteiger charge is -2.48. The topological polar surface area (TPSA) is 147 Å². The van der Waals surface area contributed by atoms with Crippen molar-refractivity contribution < 1.29 is 26.4 Å². The molecule has 1 amide bonds. The van der Waals surface area contributed by atoms with Crippen LogP contribution in [0.2, 0.25) is 0 Å². The molecule has 38 heavy (non-hydrogen) atoms. The second-order valence-corrected chi connectivity index (χ2v) is 11.7. The summed E-state index contributed by atoms with van der Waals surface area (Å²) < 4.78 is 61.0. The maximum atomic E-state index is 15.5. The Hall–Kier alpha value is -3.91. The van der Waals surface area contributed by atoms with Gasteiger partial charge in [-0.25, -0.2) is 36.5 Å². The fraction of sp³-hybridized carbons (Fsp3) is 0.333. The van der Waals surface area contributed by atoms with E-state index >= 15 is 4.39 Å². The van der Waals surface area contributed by atoms with Crippen LogP contribution in [0.5, 0.6) is 0 Å². The number of oxazole rings is 1. The summed E-state index contributed by atoms with van der Waals surface area (Å²) in [6.07, 6.45) is 3.81. The molecule has 1 saturated heterocycles. The van der Waals surface area contributed by atoms with Gasteiger partial charge in [0.05, 0.1) is 11.9 Å². The SMILES string of the molecule is CN1C(N)=N[C@](C)(c2cc(NC(=O)c3ccc(F)cn3)ccc2F)[C@]2(CCN(Cc3cocn3)C2)S1(=O)=O. The van der Waals surface area contributed by atoms with E-state index in [4.69, 9.17) is 10.2 Å². The van der Waals surface area contributed by atoms with Gasteiger partial charge in [-0.05, 0) is 43.7 Å². The summed E-state index contributed by atoms with van der Waals surface area (Å²) in [5, 5.41) is 2.60. The molecule has 0 unspecified atom stereocenters. The zero-order valence-corrected chi connectivity index (χ0v) is 21.4. The van der Waals surface area contributed by atoms with Crippen molar-refractivity contribution in [2.75, 3.05) is 25.5 Å². The fourth-order valence-electron chi connectivity index (χ4n) is 5.17. The van der Waals surface area contributed by atoms with Gasteiger partial charge >= 0.3 is 0 Å². The van der Waals surface area contributed by atoms with Crippen LogP contribution in [0.15, 0.2) is 58.6 Å². The van der Waals surface area contributed by atoms with Crippen molar-refractivity contribution in [3.05, 3.63) is 77.8 Å². The van der Waals surface area contributed by atoms with Crippen molar-refractivity contribution in [2.24, 2.45) is 10.7 Å². The maximum absolute atomic E-state index is 15.5. The largest absolute Gasteiger partial charge is 0.451 e. The first kappa shape index (κ1) is 25.7. The summed E-state index contributed by atoms with van der Waals surface area (Å²) in [6, 6.07) is 6.10. The lowest BCUT2D eigenvalue weighted by Crippen LogP contribution is -2.66. The van der Waals surface area contributed by atoms with E-state index in [9.17, 15) is 17.6 Å². The highest BCUT2D eigenvalue weighted by atomic mass is 32.2. The van der Waals surface area contributed by atoms with E-state index < -0.39 is 37.9 Å². The second kappa shape index (κ2) is 9.13. The van der Waals surface area contributed by atoms with E-state index in [2.05, 4.69) is 20.3 Å². The van der Waals surface area contributed by atoms with Gasteiger partial charge in [0.25, 0.3) is 5.91 Å². The molecule has 200 valence electrons. The molecule has 14 heteroatoms. The Morgan fingerprint density at radius 1 is 1.24 bits per heavy atom. The number of aliphatic imine (C=N–C) groups is 1. The van der Waals surface area contributed by atoms with Crippen LogP contribution in [0.4, 0.5) is 14.5 Å². The number of nitrogens with two attached hydrogens (primary N) is 1. The average Bonchev–Trinajstić information content (AvgIpc) is 3.55. The first-order valence-corrected chi connectivity index (χ1v) is 13.1. The number of benzene rings is 1. The Balaban J connectivity index is 1.56. The van der Waals surface area contributed by atoms with Crippen molar-refractivity contribution in [3.8, 4) is 0 Å². The Morgan fingerprint density at radius 2 is 2.03 bits per heavy atom. The third-order valence-corrected chi connectivity index (χ3v) is 9.92. The minimum Gasteiger partial charge on any atom is -0.451 e. The van der Waals surface area contributed by atoms with Crippen molar-refractivity contribution in [1.82, 2.24) is 19.2 Å². The summed E-state index contributed by atoms with van der Waals surface area (Å²) in [5.74, 6) is -2.24. The molecule has 11 nitrogen and oxygen atoms in total. The summed E-state index contributed by atoms with van der Waals surface area (Å²) in [6.45, 7) is 2.26. The highest BCUT2D eigenvalue weighted by molar-refractivity contribution is 7.91. The molecule has 1 fully saturated rings. The molecule has 0 saturated carbocycles. The summed E-state index contributed by atoms with van der Waals surface area (Å²) in [5.41, 5.74) is 5.09. The van der Waals surface area contributed by atoms with Gasteiger partial charge in [-0.3, -0.25) is 9.69 Å². The molecular weight excluding hydrogens is 520 g/mol. The van der Waals surface area contributed by atoms with Crippen molar-refractivity contribution in [3.63, 3.8) is 0 Å². The molecular formula is C24H25F2N7O4S. The molecule has 5 rings (SSSR count). The van der Waals surface area contributed by atoms with Crippen LogP contribution in [0.1, 0.15) is 35.1 Å². The normalized spacial score (nSPS) is 24.9. The first-order valence-electron chi connectivity index (χ1n) is 11.6. The number of anilines is 1. The third kappa shape index (κ3) is 4.00. The quantitative estimate of drug-likeness (QED) is 0.495.